The SMILES string of the molecule is c1cc2ccc3ccc(-c4c5ccccc5c(-c5ccc6ccc7cccc8ccc5c6c78)c5ccccc45)c4ccc(c1)c2c34. The van der Waals surface area contributed by atoms with E-state index in [9.17, 15) is 0 Å². The summed E-state index contributed by atoms with van der Waals surface area (Å²) in [6.45, 7) is 0. The molecule has 0 heterocycles. The number of hydrogen-bond acceptors (Lipinski definition) is 0. The average Bonchev–Trinajstić information content (AvgIpc) is 3.12. The summed E-state index contributed by atoms with van der Waals surface area (Å²) in [6.07, 6.45) is 0. The van der Waals surface area contributed by atoms with Crippen LogP contribution < -0.4 is 0 Å². The minimum atomic E-state index is 1.29. The van der Waals surface area contributed by atoms with Crippen molar-refractivity contribution in [3.8, 4) is 22.3 Å². The van der Waals surface area contributed by atoms with Crippen LogP contribution in [-0.2, 0) is 0 Å². The van der Waals surface area contributed by atoms with Crippen LogP contribution in [0.3, 0.4) is 0 Å². The molecule has 0 aliphatic rings. The molecular weight excluding hydrogens is 553 g/mol. The van der Waals surface area contributed by atoms with Crippen LogP contribution in [0.5, 0.6) is 0 Å². The fourth-order valence-corrected chi connectivity index (χ4v) is 8.62. The quantitative estimate of drug-likeness (QED) is 0.141. The summed E-state index contributed by atoms with van der Waals surface area (Å²) in [5, 5.41) is 21.0. The molecule has 0 aromatic heterocycles. The van der Waals surface area contributed by atoms with Crippen LogP contribution in [0.4, 0.5) is 0 Å². The van der Waals surface area contributed by atoms with E-state index in [-0.39, 0.29) is 0 Å². The fraction of sp³-hybridized carbons (Fsp3) is 0. The second-order valence-corrected chi connectivity index (χ2v) is 12.8. The maximum absolute atomic E-state index is 2.35. The van der Waals surface area contributed by atoms with Crippen LogP contribution >= 0.6 is 0 Å². The molecule has 0 radical (unpaired) electrons. The van der Waals surface area contributed by atoms with Gasteiger partial charge in [-0.05, 0) is 108 Å². The molecule has 0 bridgehead atoms. The number of benzene rings is 11. The highest BCUT2D eigenvalue weighted by atomic mass is 14.2. The Morgan fingerprint density at radius 2 is 0.500 bits per heavy atom. The third-order valence-corrected chi connectivity index (χ3v) is 10.5. The van der Waals surface area contributed by atoms with Gasteiger partial charge in [0.25, 0.3) is 0 Å². The Kier molecular flexibility index (Phi) is 4.66. The van der Waals surface area contributed by atoms with E-state index in [2.05, 4.69) is 158 Å². The molecule has 11 aromatic carbocycles. The Bertz CT molecular complexity index is 2720. The van der Waals surface area contributed by atoms with E-state index in [1.807, 2.05) is 0 Å². The van der Waals surface area contributed by atoms with Gasteiger partial charge in [-0.1, -0.05) is 158 Å². The van der Waals surface area contributed by atoms with Crippen molar-refractivity contribution in [1.82, 2.24) is 0 Å². The lowest BCUT2D eigenvalue weighted by Crippen LogP contribution is -1.93. The predicted molar refractivity (Wildman–Crippen MR) is 200 cm³/mol. The second-order valence-electron chi connectivity index (χ2n) is 12.8. The van der Waals surface area contributed by atoms with Gasteiger partial charge in [0.15, 0.2) is 0 Å². The summed E-state index contributed by atoms with van der Waals surface area (Å²) in [7, 11) is 0. The molecule has 0 unspecified atom stereocenters. The monoisotopic (exact) mass is 578 g/mol. The normalized spacial score (nSPS) is 12.3. The van der Waals surface area contributed by atoms with Gasteiger partial charge < -0.3 is 0 Å². The first-order chi connectivity index (χ1) is 22.8. The lowest BCUT2D eigenvalue weighted by atomic mass is 9.82. The Hall–Kier alpha value is -5.98. The molecule has 0 saturated heterocycles. The van der Waals surface area contributed by atoms with Gasteiger partial charge in [-0.25, -0.2) is 0 Å². The third-order valence-electron chi connectivity index (χ3n) is 10.5. The number of rotatable bonds is 2. The topological polar surface area (TPSA) is 0 Å². The Labute approximate surface area is 265 Å². The van der Waals surface area contributed by atoms with Crippen LogP contribution in [-0.4, -0.2) is 0 Å². The van der Waals surface area contributed by atoms with Gasteiger partial charge in [0.1, 0.15) is 0 Å². The molecule has 0 atom stereocenters. The minimum absolute atomic E-state index is 1.29. The maximum Gasteiger partial charge on any atom is -0.00201 e. The smallest absolute Gasteiger partial charge is 0.00201 e. The van der Waals surface area contributed by atoms with Crippen molar-refractivity contribution >= 4 is 86.2 Å². The third kappa shape index (κ3) is 3.08. The molecule has 0 spiro atoms. The summed E-state index contributed by atoms with van der Waals surface area (Å²) in [5.74, 6) is 0. The van der Waals surface area contributed by atoms with Crippen molar-refractivity contribution in [2.24, 2.45) is 0 Å². The molecule has 210 valence electrons. The molecule has 0 saturated carbocycles. The molecule has 0 N–H and O–H groups in total. The molecule has 0 amide bonds. The average molecular weight is 579 g/mol. The molecular formula is C46H26. The van der Waals surface area contributed by atoms with Gasteiger partial charge in [0.2, 0.25) is 0 Å². The zero-order chi connectivity index (χ0) is 29.9. The summed E-state index contributed by atoms with van der Waals surface area (Å²) in [6, 6.07) is 59.1. The lowest BCUT2D eigenvalue weighted by Gasteiger charge is -2.21. The largest absolute Gasteiger partial charge is 0.0616 e. The van der Waals surface area contributed by atoms with Crippen molar-refractivity contribution in [3.05, 3.63) is 158 Å². The molecule has 11 rings (SSSR count). The zero-order valence-corrected chi connectivity index (χ0v) is 25.0. The van der Waals surface area contributed by atoms with E-state index in [0.29, 0.717) is 0 Å². The van der Waals surface area contributed by atoms with Crippen LogP contribution in [0.15, 0.2) is 158 Å². The van der Waals surface area contributed by atoms with Gasteiger partial charge >= 0.3 is 0 Å². The Morgan fingerprint density at radius 1 is 0.196 bits per heavy atom. The highest BCUT2D eigenvalue weighted by Crippen LogP contribution is 2.49. The standard InChI is InChI=1S/C46H26/c1-2-12-34-33(11-1)45(39-25-21-31-17-15-27-7-5-9-29-19-23-37(39)43(31)41(27)29)35-13-3-4-14-36(35)46(34)40-26-22-32-18-16-28-8-6-10-30-20-24-38(40)44(32)42(28)30/h1-26H. The van der Waals surface area contributed by atoms with E-state index in [4.69, 9.17) is 0 Å². The van der Waals surface area contributed by atoms with Gasteiger partial charge in [-0.2, -0.15) is 0 Å². The van der Waals surface area contributed by atoms with Crippen LogP contribution in [0.1, 0.15) is 0 Å². The van der Waals surface area contributed by atoms with Gasteiger partial charge in [-0.15, -0.1) is 0 Å². The van der Waals surface area contributed by atoms with Crippen LogP contribution in [0.25, 0.3) is 108 Å². The fourth-order valence-electron chi connectivity index (χ4n) is 8.62. The molecule has 0 heteroatoms. The minimum Gasteiger partial charge on any atom is -0.0616 e. The molecule has 0 aliphatic carbocycles. The molecule has 0 aliphatic heterocycles. The van der Waals surface area contributed by atoms with E-state index in [1.165, 1.54) is 108 Å². The zero-order valence-electron chi connectivity index (χ0n) is 25.0. The predicted octanol–water partition coefficient (Wildman–Crippen LogP) is 13.1. The van der Waals surface area contributed by atoms with Crippen molar-refractivity contribution in [2.75, 3.05) is 0 Å². The van der Waals surface area contributed by atoms with Gasteiger partial charge in [0, 0.05) is 0 Å². The maximum atomic E-state index is 2.35. The van der Waals surface area contributed by atoms with Crippen molar-refractivity contribution in [1.29, 1.82) is 0 Å². The molecule has 0 nitrogen and oxygen atoms in total. The first-order valence-corrected chi connectivity index (χ1v) is 16.1. The first-order valence-electron chi connectivity index (χ1n) is 16.1. The molecule has 11 aromatic rings. The number of fused-ring (bicyclic) bond motifs is 2. The lowest BCUT2D eigenvalue weighted by molar-refractivity contribution is 1.70. The van der Waals surface area contributed by atoms with Gasteiger partial charge in [-0.3, -0.25) is 0 Å². The van der Waals surface area contributed by atoms with Crippen molar-refractivity contribution in [2.45, 2.75) is 0 Å². The Morgan fingerprint density at radius 3 is 0.870 bits per heavy atom. The van der Waals surface area contributed by atoms with Gasteiger partial charge in [0.05, 0.1) is 0 Å². The molecule has 0 fully saturated rings. The van der Waals surface area contributed by atoms with E-state index in [1.54, 1.807) is 0 Å². The van der Waals surface area contributed by atoms with E-state index < -0.39 is 0 Å². The highest BCUT2D eigenvalue weighted by Gasteiger charge is 2.21. The highest BCUT2D eigenvalue weighted by molar-refractivity contribution is 6.32. The van der Waals surface area contributed by atoms with Crippen LogP contribution in [0, 0.1) is 0 Å². The number of hydrogen-bond donors (Lipinski definition) is 0. The Balaban J connectivity index is 1.30. The molecule has 46 heavy (non-hydrogen) atoms. The second kappa shape index (κ2) is 8.81. The summed E-state index contributed by atoms with van der Waals surface area (Å²) in [4.78, 5) is 0. The van der Waals surface area contributed by atoms with E-state index in [0.717, 1.165) is 0 Å². The summed E-state index contributed by atoms with van der Waals surface area (Å²) in [5.41, 5.74) is 5.20. The summed E-state index contributed by atoms with van der Waals surface area (Å²) >= 11 is 0. The summed E-state index contributed by atoms with van der Waals surface area (Å²) < 4.78 is 0. The van der Waals surface area contributed by atoms with Crippen LogP contribution in [0.2, 0.25) is 0 Å². The van der Waals surface area contributed by atoms with Crippen molar-refractivity contribution < 1.29 is 0 Å². The van der Waals surface area contributed by atoms with E-state index >= 15 is 0 Å². The first kappa shape index (κ1) is 24.4. The van der Waals surface area contributed by atoms with Crippen molar-refractivity contribution in [3.63, 3.8) is 0 Å².